The largest absolute Gasteiger partial charge is 0.491 e. The number of halogens is 19. The van der Waals surface area contributed by atoms with Crippen LogP contribution in [0.25, 0.3) is 0 Å². The maximum Gasteiger partial charge on any atom is 0.460 e. The monoisotopic (exact) mass is 953 g/mol. The lowest BCUT2D eigenvalue weighted by molar-refractivity contribution is -0.461. The van der Waals surface area contributed by atoms with Crippen molar-refractivity contribution in [2.75, 3.05) is 25.6 Å². The SMILES string of the molecule is C=C[C@H](OC)[C@@H](OC(=O)Nc1ccc(F)cc1F)c1ccc(OCCO[Si](CCC(F)(F)C(F)(F)C(F)(F)C(F)(F)C(F)(F)C(F)(F)C(F)(F)C(F)(F)F)(C(C)C)C(C)C)cc1. The Kier molecular flexibility index (Phi) is 16.6. The van der Waals surface area contributed by atoms with Gasteiger partial charge in [0, 0.05) is 19.6 Å². The minimum atomic E-state index is -8.71. The van der Waals surface area contributed by atoms with Crippen LogP contribution in [0.2, 0.25) is 17.1 Å². The fourth-order valence-electron chi connectivity index (χ4n) is 6.01. The van der Waals surface area contributed by atoms with Crippen molar-refractivity contribution in [1.29, 1.82) is 0 Å². The normalized spacial score (nSPS) is 15.1. The Bertz CT molecular complexity index is 1820. The van der Waals surface area contributed by atoms with E-state index in [2.05, 4.69) is 11.9 Å². The lowest BCUT2D eigenvalue weighted by atomic mass is 9.88. The smallest absolute Gasteiger partial charge is 0.460 e. The van der Waals surface area contributed by atoms with Gasteiger partial charge < -0.3 is 18.6 Å². The molecular formula is C36H38F19NO5Si. The molecule has 0 aliphatic rings. The Hall–Kier alpha value is -3.94. The Morgan fingerprint density at radius 2 is 1.19 bits per heavy atom. The molecule has 0 radical (unpaired) electrons. The number of methoxy groups -OCH3 is 1. The molecule has 0 aliphatic heterocycles. The van der Waals surface area contributed by atoms with Crippen molar-refractivity contribution in [2.24, 2.45) is 0 Å². The van der Waals surface area contributed by atoms with Crippen LogP contribution in [-0.2, 0) is 13.9 Å². The second-order valence-electron chi connectivity index (χ2n) is 14.2. The molecule has 0 spiro atoms. The number of carbonyl (C=O) groups is 1. The van der Waals surface area contributed by atoms with E-state index in [9.17, 15) is 88.2 Å². The van der Waals surface area contributed by atoms with Crippen molar-refractivity contribution in [2.45, 2.75) is 111 Å². The number of rotatable bonds is 22. The van der Waals surface area contributed by atoms with E-state index in [0.717, 1.165) is 12.1 Å². The molecule has 0 heterocycles. The molecule has 354 valence electrons. The van der Waals surface area contributed by atoms with Gasteiger partial charge in [0.1, 0.15) is 30.1 Å². The third-order valence-corrected chi connectivity index (χ3v) is 15.4. The molecule has 62 heavy (non-hydrogen) atoms. The van der Waals surface area contributed by atoms with Gasteiger partial charge in [-0.25, -0.2) is 13.6 Å². The van der Waals surface area contributed by atoms with Crippen LogP contribution in [0.15, 0.2) is 55.1 Å². The standard InChI is InChI=1S/C36H38F19NO5Si/c1-7-26(58-6)27(61-28(57)56-25-13-10-22(37)18-24(25)38)21-8-11-23(12-9-21)59-15-16-60-62(19(2)3,20(4)5)17-14-29(39,40)30(41,42)31(43,44)32(45,46)33(47,48)34(49,50)35(51,52)36(53,54)55/h7-13,18-20,26-27H,1,14-17H2,2-6H3,(H,56,57)/t26-,27-/m0/s1. The molecule has 0 unspecified atom stereocenters. The number of alkyl halides is 17. The molecule has 6 nitrogen and oxygen atoms in total. The van der Waals surface area contributed by atoms with Gasteiger partial charge in [0.15, 0.2) is 14.4 Å². The average molecular weight is 954 g/mol. The van der Waals surface area contributed by atoms with Crippen LogP contribution in [0.3, 0.4) is 0 Å². The number of carbonyl (C=O) groups excluding carboxylic acids is 1. The highest BCUT2D eigenvalue weighted by Gasteiger charge is 2.95. The zero-order valence-electron chi connectivity index (χ0n) is 32.7. The molecule has 0 saturated carbocycles. The summed E-state index contributed by atoms with van der Waals surface area (Å²) >= 11 is 0. The average Bonchev–Trinajstić information content (AvgIpc) is 3.14. The summed E-state index contributed by atoms with van der Waals surface area (Å²) in [5, 5.41) is 2.09. The highest BCUT2D eigenvalue weighted by molar-refractivity contribution is 6.76. The van der Waals surface area contributed by atoms with Crippen molar-refractivity contribution in [1.82, 2.24) is 0 Å². The molecule has 2 rings (SSSR count). The zero-order valence-corrected chi connectivity index (χ0v) is 33.7. The van der Waals surface area contributed by atoms with Gasteiger partial charge >= 0.3 is 53.7 Å². The van der Waals surface area contributed by atoms with Crippen molar-refractivity contribution in [3.8, 4) is 5.75 Å². The highest BCUT2D eigenvalue weighted by Crippen LogP contribution is 2.64. The van der Waals surface area contributed by atoms with Crippen LogP contribution in [0.1, 0.15) is 45.8 Å². The molecule has 2 aromatic carbocycles. The van der Waals surface area contributed by atoms with Gasteiger partial charge in [-0.05, 0) is 47.0 Å². The summed E-state index contributed by atoms with van der Waals surface area (Å²) < 4.78 is 284. The second kappa shape index (κ2) is 19.0. The van der Waals surface area contributed by atoms with Crippen LogP contribution in [0, 0.1) is 11.6 Å². The first-order chi connectivity index (χ1) is 28.0. The molecule has 0 saturated heterocycles. The number of hydrogen-bond acceptors (Lipinski definition) is 5. The molecular weight excluding hydrogens is 915 g/mol. The number of nitrogens with one attached hydrogen (secondary N) is 1. The molecule has 0 aromatic heterocycles. The van der Waals surface area contributed by atoms with Gasteiger partial charge in [-0.1, -0.05) is 45.9 Å². The van der Waals surface area contributed by atoms with E-state index < -0.39 is 128 Å². The van der Waals surface area contributed by atoms with Crippen LogP contribution in [0.4, 0.5) is 93.9 Å². The first kappa shape index (κ1) is 54.2. The third kappa shape index (κ3) is 10.2. The lowest BCUT2D eigenvalue weighted by Gasteiger charge is -2.44. The van der Waals surface area contributed by atoms with Gasteiger partial charge in [-0.3, -0.25) is 5.32 Å². The predicted molar refractivity (Wildman–Crippen MR) is 184 cm³/mol. The van der Waals surface area contributed by atoms with Crippen molar-refractivity contribution in [3.63, 3.8) is 0 Å². The Balaban J connectivity index is 2.27. The summed E-state index contributed by atoms with van der Waals surface area (Å²) in [7, 11) is -2.79. The van der Waals surface area contributed by atoms with E-state index in [1.54, 1.807) is 0 Å². The molecule has 26 heteroatoms. The van der Waals surface area contributed by atoms with Gasteiger partial charge in [0.2, 0.25) is 0 Å². The van der Waals surface area contributed by atoms with Crippen LogP contribution in [0.5, 0.6) is 5.75 Å². The number of amides is 1. The fourth-order valence-corrected chi connectivity index (χ4v) is 10.5. The summed E-state index contributed by atoms with van der Waals surface area (Å²) in [4.78, 5) is 12.6. The quantitative estimate of drug-likeness (QED) is 0.0551. The predicted octanol–water partition coefficient (Wildman–Crippen LogP) is 13.0. The molecule has 2 atom stereocenters. The first-order valence-corrected chi connectivity index (χ1v) is 19.9. The maximum atomic E-state index is 14.9. The summed E-state index contributed by atoms with van der Waals surface area (Å²) in [6.07, 6.45) is -12.6. The number of ether oxygens (including phenoxy) is 3. The summed E-state index contributed by atoms with van der Waals surface area (Å²) in [5.41, 5.74) is -2.01. The Morgan fingerprint density at radius 3 is 1.63 bits per heavy atom. The van der Waals surface area contributed by atoms with E-state index in [1.807, 2.05) is 0 Å². The zero-order chi connectivity index (χ0) is 48.3. The Labute approximate surface area is 341 Å². The van der Waals surface area contributed by atoms with Crippen molar-refractivity contribution in [3.05, 3.63) is 72.3 Å². The summed E-state index contributed by atoms with van der Waals surface area (Å²) in [6.45, 7) is 7.71. The molecule has 0 bridgehead atoms. The van der Waals surface area contributed by atoms with Crippen LogP contribution in [-0.4, -0.2) is 88.5 Å². The number of hydrogen-bond donors (Lipinski definition) is 1. The summed E-state index contributed by atoms with van der Waals surface area (Å²) in [5.74, 6) is -58.9. The minimum Gasteiger partial charge on any atom is -0.491 e. The van der Waals surface area contributed by atoms with E-state index >= 15 is 0 Å². The van der Waals surface area contributed by atoms with Crippen molar-refractivity contribution >= 4 is 20.1 Å². The summed E-state index contributed by atoms with van der Waals surface area (Å²) in [6, 6.07) is 6.25. The van der Waals surface area contributed by atoms with Crippen molar-refractivity contribution < 1.29 is 107 Å². The molecule has 0 fully saturated rings. The van der Waals surface area contributed by atoms with E-state index in [1.165, 1.54) is 65.1 Å². The minimum absolute atomic E-state index is 0.0487. The van der Waals surface area contributed by atoms with E-state index in [0.29, 0.717) is 6.07 Å². The number of benzene rings is 2. The van der Waals surface area contributed by atoms with Gasteiger partial charge in [0.05, 0.1) is 12.3 Å². The topological polar surface area (TPSA) is 66.0 Å². The van der Waals surface area contributed by atoms with E-state index in [-0.39, 0.29) is 11.3 Å². The fraction of sp³-hybridized carbons (Fsp3) is 0.583. The lowest BCUT2D eigenvalue weighted by Crippen LogP contribution is -2.74. The van der Waals surface area contributed by atoms with E-state index in [4.69, 9.17) is 18.6 Å². The van der Waals surface area contributed by atoms with Gasteiger partial charge in [0.25, 0.3) is 0 Å². The molecule has 0 aliphatic carbocycles. The van der Waals surface area contributed by atoms with Crippen LogP contribution < -0.4 is 10.1 Å². The second-order valence-corrected chi connectivity index (χ2v) is 19.2. The third-order valence-electron chi connectivity index (χ3n) is 9.71. The number of anilines is 1. The molecule has 1 amide bonds. The maximum absolute atomic E-state index is 14.9. The van der Waals surface area contributed by atoms with Gasteiger partial charge in [-0.2, -0.15) is 74.6 Å². The molecule has 2 aromatic rings. The highest BCUT2D eigenvalue weighted by atomic mass is 28.4. The molecule has 1 N–H and O–H groups in total. The van der Waals surface area contributed by atoms with Gasteiger partial charge in [-0.15, -0.1) is 6.58 Å². The first-order valence-electron chi connectivity index (χ1n) is 17.6. The van der Waals surface area contributed by atoms with Crippen LogP contribution >= 0.6 is 0 Å². The Morgan fingerprint density at radius 1 is 0.710 bits per heavy atom.